The Balaban J connectivity index is 1.19. The lowest BCUT2D eigenvalue weighted by atomic mass is 10.1. The van der Waals surface area contributed by atoms with Gasteiger partial charge in [-0.05, 0) is 85.4 Å². The van der Waals surface area contributed by atoms with E-state index in [1.165, 1.54) is 44.8 Å². The molecule has 0 unspecified atom stereocenters. The summed E-state index contributed by atoms with van der Waals surface area (Å²) in [5, 5.41) is 18.3. The van der Waals surface area contributed by atoms with Crippen molar-refractivity contribution in [3.8, 4) is 0 Å². The van der Waals surface area contributed by atoms with Crippen molar-refractivity contribution in [3.63, 3.8) is 0 Å². The number of benzene rings is 2. The third-order valence-corrected chi connectivity index (χ3v) is 10.8. The zero-order chi connectivity index (χ0) is 34.1. The summed E-state index contributed by atoms with van der Waals surface area (Å²) in [5.74, 6) is 2.16. The second kappa shape index (κ2) is 20.1. The largest absolute Gasteiger partial charge is 0.390 e. The van der Waals surface area contributed by atoms with Gasteiger partial charge in [0.15, 0.2) is 37.9 Å². The molecule has 0 atom stereocenters. The molecule has 0 saturated carbocycles. The average molecular weight is 685 g/mol. The van der Waals surface area contributed by atoms with Crippen LogP contribution in [0.4, 0.5) is 11.4 Å². The first-order valence-corrected chi connectivity index (χ1v) is 19.4. The van der Waals surface area contributed by atoms with Crippen LogP contribution in [0.15, 0.2) is 97.6 Å². The van der Waals surface area contributed by atoms with E-state index in [4.69, 9.17) is 10.2 Å². The molecule has 0 fully saturated rings. The van der Waals surface area contributed by atoms with Gasteiger partial charge in [0.1, 0.15) is 13.2 Å². The molecular weight excluding hydrogens is 633 g/mol. The number of rotatable bonds is 19. The summed E-state index contributed by atoms with van der Waals surface area (Å²) in [6.45, 7) is 14.3. The number of hydrogen-bond donors (Lipinski definition) is 2. The molecule has 0 aliphatic carbocycles. The van der Waals surface area contributed by atoms with Crippen LogP contribution in [0, 0.1) is 0 Å². The van der Waals surface area contributed by atoms with Gasteiger partial charge in [-0.25, -0.2) is 9.13 Å². The molecule has 2 aromatic heterocycles. The van der Waals surface area contributed by atoms with E-state index in [-0.39, 0.29) is 13.2 Å². The molecule has 0 radical (unpaired) electrons. The Kier molecular flexibility index (Phi) is 15.6. The predicted octanol–water partition coefficient (Wildman–Crippen LogP) is 7.10. The van der Waals surface area contributed by atoms with E-state index < -0.39 is 0 Å². The van der Waals surface area contributed by atoms with Gasteiger partial charge >= 0.3 is 0 Å². The van der Waals surface area contributed by atoms with Gasteiger partial charge in [0.2, 0.25) is 0 Å². The number of aliphatic hydroxyl groups is 2. The molecule has 0 aliphatic heterocycles. The predicted molar refractivity (Wildman–Crippen MR) is 208 cm³/mol. The van der Waals surface area contributed by atoms with Crippen molar-refractivity contribution in [2.75, 3.05) is 60.7 Å². The highest BCUT2D eigenvalue weighted by Crippen LogP contribution is 2.25. The highest BCUT2D eigenvalue weighted by Gasteiger charge is 2.08. The normalized spacial score (nSPS) is 12.0. The standard InChI is InChI=1S/C40H52N4O2S2/c1-5-43(39-11-7-35(8-12-39)31-33(3)37-15-19-41(20-16-37)23-27-45)25-29-47-48-30-26-44(6-2)40-13-9-36(10-14-40)32-34(4)38-17-21-42(22-18-38)24-28-46/h7-22,31-32,45-46H,5-6,23-30H2,1-4H3/q+2. The molecular formula is C40H52N4O2S2+2. The number of aliphatic hydroxyl groups excluding tert-OH is 2. The number of anilines is 2. The van der Waals surface area contributed by atoms with Crippen LogP contribution in [0.3, 0.4) is 0 Å². The molecule has 2 heterocycles. The highest BCUT2D eigenvalue weighted by atomic mass is 33.1. The van der Waals surface area contributed by atoms with Gasteiger partial charge in [-0.1, -0.05) is 58.0 Å². The molecule has 0 aliphatic rings. The van der Waals surface area contributed by atoms with E-state index in [0.717, 1.165) is 37.7 Å². The van der Waals surface area contributed by atoms with Crippen LogP contribution in [-0.2, 0) is 13.1 Å². The average Bonchev–Trinajstić information content (AvgIpc) is 3.11. The maximum absolute atomic E-state index is 9.13. The van der Waals surface area contributed by atoms with Crippen LogP contribution in [0.2, 0.25) is 0 Å². The molecule has 4 rings (SSSR count). The van der Waals surface area contributed by atoms with Crippen LogP contribution in [-0.4, -0.2) is 61.1 Å². The maximum atomic E-state index is 9.13. The van der Waals surface area contributed by atoms with Gasteiger partial charge in [-0.3, -0.25) is 0 Å². The summed E-state index contributed by atoms with van der Waals surface area (Å²) in [7, 11) is 3.93. The van der Waals surface area contributed by atoms with Gasteiger partial charge in [0.05, 0.1) is 0 Å². The summed E-state index contributed by atoms with van der Waals surface area (Å²) >= 11 is 0. The molecule has 6 nitrogen and oxygen atoms in total. The lowest BCUT2D eigenvalue weighted by molar-refractivity contribution is -0.698. The molecule has 4 aromatic rings. The van der Waals surface area contributed by atoms with E-state index in [0.29, 0.717) is 13.1 Å². The first-order chi connectivity index (χ1) is 23.4. The van der Waals surface area contributed by atoms with E-state index in [2.05, 4.69) is 122 Å². The molecule has 0 spiro atoms. The van der Waals surface area contributed by atoms with Crippen LogP contribution in [0.25, 0.3) is 23.3 Å². The van der Waals surface area contributed by atoms with E-state index in [1.54, 1.807) is 0 Å². The quantitative estimate of drug-likeness (QED) is 0.0625. The molecule has 2 aromatic carbocycles. The van der Waals surface area contributed by atoms with Gasteiger partial charge in [-0.2, -0.15) is 0 Å². The summed E-state index contributed by atoms with van der Waals surface area (Å²) < 4.78 is 3.98. The fourth-order valence-electron chi connectivity index (χ4n) is 5.55. The second-order valence-electron chi connectivity index (χ2n) is 11.7. The fraction of sp³-hybridized carbons (Fsp3) is 0.350. The van der Waals surface area contributed by atoms with Gasteiger partial charge < -0.3 is 20.0 Å². The fourth-order valence-corrected chi connectivity index (χ4v) is 7.53. The third-order valence-electron chi connectivity index (χ3n) is 8.43. The summed E-state index contributed by atoms with van der Waals surface area (Å²) in [6.07, 6.45) is 12.5. The van der Waals surface area contributed by atoms with Gasteiger partial charge in [0.25, 0.3) is 0 Å². The number of pyridine rings is 2. The molecule has 2 N–H and O–H groups in total. The topological polar surface area (TPSA) is 54.7 Å². The molecule has 0 amide bonds. The Labute approximate surface area is 295 Å². The lowest BCUT2D eigenvalue weighted by Gasteiger charge is -2.24. The van der Waals surface area contributed by atoms with Crippen molar-refractivity contribution < 1.29 is 19.3 Å². The van der Waals surface area contributed by atoms with Crippen molar-refractivity contribution in [3.05, 3.63) is 120 Å². The van der Waals surface area contributed by atoms with E-state index >= 15 is 0 Å². The minimum Gasteiger partial charge on any atom is -0.390 e. The van der Waals surface area contributed by atoms with Crippen molar-refractivity contribution >= 4 is 56.3 Å². The smallest absolute Gasteiger partial charge is 0.171 e. The Morgan fingerprint density at radius 1 is 0.583 bits per heavy atom. The SMILES string of the molecule is CCN(CCSSCCN(CC)c1ccc(/C=C(\C)c2cc[n+](CCO)cc2)cc1)c1ccc(/C=C(\C)c2cc[n+](CCO)cc2)cc1. The van der Waals surface area contributed by atoms with Gasteiger partial charge in [0, 0.05) is 73.3 Å². The zero-order valence-corrected chi connectivity index (χ0v) is 30.6. The molecule has 0 bridgehead atoms. The summed E-state index contributed by atoms with van der Waals surface area (Å²) in [6, 6.07) is 26.2. The van der Waals surface area contributed by atoms with Gasteiger partial charge in [-0.15, -0.1) is 0 Å². The molecule has 254 valence electrons. The van der Waals surface area contributed by atoms with E-state index in [1.807, 2.05) is 55.5 Å². The van der Waals surface area contributed by atoms with Crippen LogP contribution < -0.4 is 18.9 Å². The summed E-state index contributed by atoms with van der Waals surface area (Å²) in [5.41, 5.74) is 9.75. The first kappa shape index (κ1) is 37.3. The molecule has 0 saturated heterocycles. The number of allylic oxidation sites excluding steroid dienone is 2. The lowest BCUT2D eigenvalue weighted by Crippen LogP contribution is -2.34. The Morgan fingerprint density at radius 2 is 0.938 bits per heavy atom. The third kappa shape index (κ3) is 11.5. The number of nitrogens with zero attached hydrogens (tertiary/aromatic N) is 4. The maximum Gasteiger partial charge on any atom is 0.171 e. The number of aromatic nitrogens is 2. The Morgan fingerprint density at radius 3 is 1.25 bits per heavy atom. The molecule has 8 heteroatoms. The highest BCUT2D eigenvalue weighted by molar-refractivity contribution is 8.76. The second-order valence-corrected chi connectivity index (χ2v) is 14.4. The zero-order valence-electron chi connectivity index (χ0n) is 29.0. The van der Waals surface area contributed by atoms with Crippen LogP contribution in [0.5, 0.6) is 0 Å². The monoisotopic (exact) mass is 684 g/mol. The minimum atomic E-state index is 0.148. The van der Waals surface area contributed by atoms with E-state index in [9.17, 15) is 0 Å². The van der Waals surface area contributed by atoms with Crippen molar-refractivity contribution in [1.82, 2.24) is 0 Å². The summed E-state index contributed by atoms with van der Waals surface area (Å²) in [4.78, 5) is 4.90. The Bertz CT molecular complexity index is 1450. The first-order valence-electron chi connectivity index (χ1n) is 17.0. The van der Waals surface area contributed by atoms with Crippen LogP contribution in [0.1, 0.15) is 49.9 Å². The number of hydrogen-bond acceptors (Lipinski definition) is 6. The van der Waals surface area contributed by atoms with Crippen molar-refractivity contribution in [2.45, 2.75) is 40.8 Å². The van der Waals surface area contributed by atoms with Crippen LogP contribution >= 0.6 is 21.6 Å². The minimum absolute atomic E-state index is 0.148. The Hall–Kier alpha value is -3.56. The van der Waals surface area contributed by atoms with Crippen molar-refractivity contribution in [1.29, 1.82) is 0 Å². The molecule has 48 heavy (non-hydrogen) atoms. The van der Waals surface area contributed by atoms with Crippen molar-refractivity contribution in [2.24, 2.45) is 0 Å².